The fourth-order valence-electron chi connectivity index (χ4n) is 1.75. The molecule has 0 amide bonds. The third-order valence-corrected chi connectivity index (χ3v) is 2.34. The van der Waals surface area contributed by atoms with Crippen molar-refractivity contribution in [2.45, 2.75) is 19.8 Å². The number of aldehydes is 1. The van der Waals surface area contributed by atoms with Gasteiger partial charge in [-0.3, -0.25) is 4.79 Å². The fourth-order valence-corrected chi connectivity index (χ4v) is 1.75. The lowest BCUT2D eigenvalue weighted by Gasteiger charge is -2.10. The first kappa shape index (κ1) is 8.94. The molecule has 0 aromatic carbocycles. The summed E-state index contributed by atoms with van der Waals surface area (Å²) in [7, 11) is 0. The molecular formula is C11H12N2O. The minimum atomic E-state index is 0.329. The van der Waals surface area contributed by atoms with Gasteiger partial charge in [0.05, 0.1) is 11.7 Å². The lowest BCUT2D eigenvalue weighted by Crippen LogP contribution is -2.02. The molecule has 3 nitrogen and oxygen atoms in total. The number of hydrogen-bond acceptors (Lipinski definition) is 2. The SMILES string of the molecule is CC(C)c1c(C=O)cnn2cccc12. The van der Waals surface area contributed by atoms with Crippen LogP contribution >= 0.6 is 0 Å². The first-order chi connectivity index (χ1) is 6.74. The van der Waals surface area contributed by atoms with Gasteiger partial charge in [0.1, 0.15) is 0 Å². The molecule has 2 aromatic rings. The van der Waals surface area contributed by atoms with Crippen molar-refractivity contribution >= 4 is 11.8 Å². The highest BCUT2D eigenvalue weighted by atomic mass is 16.1. The van der Waals surface area contributed by atoms with E-state index in [1.807, 2.05) is 18.3 Å². The quantitative estimate of drug-likeness (QED) is 0.677. The van der Waals surface area contributed by atoms with Crippen LogP contribution in [0.1, 0.15) is 35.7 Å². The van der Waals surface area contributed by atoms with Crippen LogP contribution in [0.15, 0.2) is 24.5 Å². The predicted octanol–water partition coefficient (Wildman–Crippen LogP) is 2.27. The molecule has 2 heterocycles. The Morgan fingerprint density at radius 1 is 1.50 bits per heavy atom. The molecule has 0 aliphatic heterocycles. The van der Waals surface area contributed by atoms with Gasteiger partial charge in [0, 0.05) is 11.8 Å². The largest absolute Gasteiger partial charge is 0.298 e. The Kier molecular flexibility index (Phi) is 2.08. The highest BCUT2D eigenvalue weighted by molar-refractivity contribution is 5.81. The second kappa shape index (κ2) is 3.25. The number of aromatic nitrogens is 2. The summed E-state index contributed by atoms with van der Waals surface area (Å²) in [6, 6.07) is 3.91. The topological polar surface area (TPSA) is 34.4 Å². The summed E-state index contributed by atoms with van der Waals surface area (Å²) < 4.78 is 1.79. The van der Waals surface area contributed by atoms with Crippen LogP contribution in [-0.4, -0.2) is 15.9 Å². The van der Waals surface area contributed by atoms with E-state index in [2.05, 4.69) is 18.9 Å². The van der Waals surface area contributed by atoms with E-state index < -0.39 is 0 Å². The zero-order valence-electron chi connectivity index (χ0n) is 8.27. The van der Waals surface area contributed by atoms with Crippen LogP contribution in [-0.2, 0) is 0 Å². The fraction of sp³-hybridized carbons (Fsp3) is 0.273. The molecule has 14 heavy (non-hydrogen) atoms. The number of fused-ring (bicyclic) bond motifs is 1. The van der Waals surface area contributed by atoms with Gasteiger partial charge in [0.2, 0.25) is 0 Å². The number of rotatable bonds is 2. The monoisotopic (exact) mass is 188 g/mol. The Bertz CT molecular complexity index is 471. The standard InChI is InChI=1S/C11H12N2O/c1-8(2)11-9(7-14)6-12-13-5-3-4-10(11)13/h3-8H,1-2H3. The van der Waals surface area contributed by atoms with Crippen molar-refractivity contribution in [1.29, 1.82) is 0 Å². The molecule has 0 radical (unpaired) electrons. The van der Waals surface area contributed by atoms with E-state index in [-0.39, 0.29) is 0 Å². The molecule has 0 aliphatic rings. The van der Waals surface area contributed by atoms with Crippen LogP contribution < -0.4 is 0 Å². The smallest absolute Gasteiger partial charge is 0.152 e. The molecule has 0 saturated carbocycles. The Morgan fingerprint density at radius 2 is 2.29 bits per heavy atom. The van der Waals surface area contributed by atoms with Crippen molar-refractivity contribution in [2.24, 2.45) is 0 Å². The highest BCUT2D eigenvalue weighted by Crippen LogP contribution is 2.22. The van der Waals surface area contributed by atoms with Crippen LogP contribution in [0.2, 0.25) is 0 Å². The zero-order chi connectivity index (χ0) is 10.1. The van der Waals surface area contributed by atoms with Crippen LogP contribution in [0.3, 0.4) is 0 Å². The summed E-state index contributed by atoms with van der Waals surface area (Å²) in [5, 5.41) is 4.14. The number of hydrogen-bond donors (Lipinski definition) is 0. The highest BCUT2D eigenvalue weighted by Gasteiger charge is 2.11. The van der Waals surface area contributed by atoms with Gasteiger partial charge in [0.15, 0.2) is 6.29 Å². The van der Waals surface area contributed by atoms with Crippen molar-refractivity contribution in [1.82, 2.24) is 9.61 Å². The average Bonchev–Trinajstić information content (AvgIpc) is 2.62. The van der Waals surface area contributed by atoms with E-state index in [4.69, 9.17) is 0 Å². The maximum Gasteiger partial charge on any atom is 0.152 e. The van der Waals surface area contributed by atoms with E-state index in [9.17, 15) is 4.79 Å². The molecule has 2 rings (SSSR count). The van der Waals surface area contributed by atoms with E-state index in [1.165, 1.54) is 0 Å². The van der Waals surface area contributed by atoms with Crippen LogP contribution in [0.4, 0.5) is 0 Å². The minimum absolute atomic E-state index is 0.329. The van der Waals surface area contributed by atoms with Crippen molar-refractivity contribution in [3.05, 3.63) is 35.7 Å². The molecule has 0 spiro atoms. The van der Waals surface area contributed by atoms with E-state index in [1.54, 1.807) is 10.7 Å². The minimum Gasteiger partial charge on any atom is -0.298 e. The van der Waals surface area contributed by atoms with E-state index in [0.29, 0.717) is 11.5 Å². The van der Waals surface area contributed by atoms with Gasteiger partial charge in [-0.2, -0.15) is 5.10 Å². The van der Waals surface area contributed by atoms with Crippen LogP contribution in [0, 0.1) is 0 Å². The third kappa shape index (κ3) is 1.21. The van der Waals surface area contributed by atoms with Crippen molar-refractivity contribution in [2.75, 3.05) is 0 Å². The zero-order valence-corrected chi connectivity index (χ0v) is 8.27. The van der Waals surface area contributed by atoms with Gasteiger partial charge >= 0.3 is 0 Å². The average molecular weight is 188 g/mol. The molecule has 0 aliphatic carbocycles. The molecule has 0 unspecified atom stereocenters. The van der Waals surface area contributed by atoms with Crippen LogP contribution in [0.5, 0.6) is 0 Å². The van der Waals surface area contributed by atoms with Crippen molar-refractivity contribution in [3.63, 3.8) is 0 Å². The van der Waals surface area contributed by atoms with E-state index >= 15 is 0 Å². The Hall–Kier alpha value is -1.64. The summed E-state index contributed by atoms with van der Waals surface area (Å²) in [5.41, 5.74) is 2.77. The second-order valence-corrected chi connectivity index (χ2v) is 3.62. The molecule has 72 valence electrons. The van der Waals surface area contributed by atoms with Crippen LogP contribution in [0.25, 0.3) is 5.52 Å². The number of nitrogens with zero attached hydrogens (tertiary/aromatic N) is 2. The molecule has 0 N–H and O–H groups in total. The molecular weight excluding hydrogens is 176 g/mol. The summed E-state index contributed by atoms with van der Waals surface area (Å²) in [4.78, 5) is 10.8. The number of carbonyl (C=O) groups excluding carboxylic acids is 1. The third-order valence-electron chi connectivity index (χ3n) is 2.34. The van der Waals surface area contributed by atoms with Gasteiger partial charge in [-0.25, -0.2) is 4.52 Å². The number of carbonyl (C=O) groups is 1. The predicted molar refractivity (Wildman–Crippen MR) is 54.7 cm³/mol. The molecule has 0 saturated heterocycles. The summed E-state index contributed by atoms with van der Waals surface area (Å²) >= 11 is 0. The maximum absolute atomic E-state index is 10.8. The lowest BCUT2D eigenvalue weighted by molar-refractivity contribution is 0.112. The van der Waals surface area contributed by atoms with Crippen molar-refractivity contribution in [3.8, 4) is 0 Å². The molecule has 2 aromatic heterocycles. The lowest BCUT2D eigenvalue weighted by atomic mass is 9.99. The van der Waals surface area contributed by atoms with Gasteiger partial charge in [-0.05, 0) is 23.6 Å². The van der Waals surface area contributed by atoms with Crippen molar-refractivity contribution < 1.29 is 4.79 Å². The summed E-state index contributed by atoms with van der Waals surface area (Å²) in [5.74, 6) is 0.329. The van der Waals surface area contributed by atoms with E-state index in [0.717, 1.165) is 17.4 Å². The van der Waals surface area contributed by atoms with Gasteiger partial charge in [-0.1, -0.05) is 13.8 Å². The Balaban J connectivity index is 2.81. The molecule has 0 bridgehead atoms. The van der Waals surface area contributed by atoms with Gasteiger partial charge < -0.3 is 0 Å². The summed E-state index contributed by atoms with van der Waals surface area (Å²) in [6.07, 6.45) is 4.38. The normalized spacial score (nSPS) is 11.1. The molecule has 3 heteroatoms. The first-order valence-electron chi connectivity index (χ1n) is 4.65. The maximum atomic E-state index is 10.8. The summed E-state index contributed by atoms with van der Waals surface area (Å²) in [6.45, 7) is 4.16. The second-order valence-electron chi connectivity index (χ2n) is 3.62. The first-order valence-corrected chi connectivity index (χ1v) is 4.65. The van der Waals surface area contributed by atoms with Gasteiger partial charge in [-0.15, -0.1) is 0 Å². The van der Waals surface area contributed by atoms with Gasteiger partial charge in [0.25, 0.3) is 0 Å². The molecule has 0 atom stereocenters. The Morgan fingerprint density at radius 3 is 2.93 bits per heavy atom. The Labute approximate surface area is 82.4 Å². The molecule has 0 fully saturated rings.